The number of aliphatic carboxylic acids is 1. The molecule has 0 aromatic heterocycles. The van der Waals surface area contributed by atoms with Crippen LogP contribution >= 0.6 is 0 Å². The maximum absolute atomic E-state index is 12.3. The van der Waals surface area contributed by atoms with Crippen LogP contribution in [0.4, 0.5) is 0 Å². The minimum Gasteiger partial charge on any atom is -0.481 e. The molecule has 0 amide bonds. The van der Waals surface area contributed by atoms with Crippen LogP contribution in [0.3, 0.4) is 0 Å². The van der Waals surface area contributed by atoms with Crippen molar-refractivity contribution in [1.82, 2.24) is 0 Å². The van der Waals surface area contributed by atoms with Crippen molar-refractivity contribution < 1.29 is 9.90 Å². The van der Waals surface area contributed by atoms with E-state index in [2.05, 4.69) is 32.1 Å². The van der Waals surface area contributed by atoms with Crippen molar-refractivity contribution in [3.63, 3.8) is 0 Å². The molecule has 0 radical (unpaired) electrons. The summed E-state index contributed by atoms with van der Waals surface area (Å²) in [6.45, 7) is 8.06. The zero-order valence-electron chi connectivity index (χ0n) is 15.1. The fourth-order valence-corrected chi connectivity index (χ4v) is 3.64. The highest BCUT2D eigenvalue weighted by atomic mass is 16.4. The lowest BCUT2D eigenvalue weighted by molar-refractivity contribution is -0.149. The van der Waals surface area contributed by atoms with Crippen LogP contribution in [-0.4, -0.2) is 16.6 Å². The van der Waals surface area contributed by atoms with Crippen LogP contribution in [-0.2, 0) is 4.79 Å². The fourth-order valence-electron chi connectivity index (χ4n) is 3.64. The summed E-state index contributed by atoms with van der Waals surface area (Å²) in [4.78, 5) is 12.3. The molecule has 0 fully saturated rings. The first kappa shape index (κ1) is 18.5. The molecule has 0 saturated carbocycles. The molecule has 3 heteroatoms. The van der Waals surface area contributed by atoms with E-state index in [0.29, 0.717) is 12.3 Å². The quantitative estimate of drug-likeness (QED) is 0.808. The first-order chi connectivity index (χ1) is 11.1. The summed E-state index contributed by atoms with van der Waals surface area (Å²) < 4.78 is 0. The predicted molar refractivity (Wildman–Crippen MR) is 99.5 cm³/mol. The summed E-state index contributed by atoms with van der Waals surface area (Å²) >= 11 is 0. The number of carbonyl (C=O) groups is 1. The largest absolute Gasteiger partial charge is 0.481 e. The third-order valence-corrected chi connectivity index (χ3v) is 4.58. The maximum atomic E-state index is 12.3. The van der Waals surface area contributed by atoms with E-state index in [-0.39, 0.29) is 5.92 Å². The van der Waals surface area contributed by atoms with Crippen LogP contribution < -0.4 is 5.73 Å². The minimum absolute atomic E-state index is 0.0713. The van der Waals surface area contributed by atoms with Gasteiger partial charge in [-0.15, -0.1) is 0 Å². The van der Waals surface area contributed by atoms with Gasteiger partial charge >= 0.3 is 5.97 Å². The molecule has 24 heavy (non-hydrogen) atoms. The van der Waals surface area contributed by atoms with E-state index in [9.17, 15) is 9.90 Å². The van der Waals surface area contributed by atoms with Gasteiger partial charge in [0.15, 0.2) is 0 Å². The fraction of sp³-hybridized carbons (Fsp3) is 0.476. The van der Waals surface area contributed by atoms with Gasteiger partial charge in [0.1, 0.15) is 0 Å². The molecule has 0 heterocycles. The average Bonchev–Trinajstić information content (AvgIpc) is 2.48. The zero-order chi connectivity index (χ0) is 18.0. The smallest absolute Gasteiger partial charge is 0.314 e. The highest BCUT2D eigenvalue weighted by molar-refractivity contribution is 5.84. The van der Waals surface area contributed by atoms with Crippen molar-refractivity contribution in [3.8, 4) is 0 Å². The lowest BCUT2D eigenvalue weighted by Crippen LogP contribution is -2.47. The van der Waals surface area contributed by atoms with E-state index in [0.717, 1.165) is 17.6 Å². The number of nitrogens with two attached hydrogens (primary N) is 1. The van der Waals surface area contributed by atoms with Crippen molar-refractivity contribution in [3.05, 3.63) is 54.1 Å². The van der Waals surface area contributed by atoms with Crippen molar-refractivity contribution in [2.75, 3.05) is 0 Å². The highest BCUT2D eigenvalue weighted by Gasteiger charge is 2.47. The molecule has 0 bridgehead atoms. The third kappa shape index (κ3) is 4.15. The monoisotopic (exact) mass is 327 g/mol. The number of hydrogen-bond donors (Lipinski definition) is 2. The van der Waals surface area contributed by atoms with Crippen molar-refractivity contribution in [1.29, 1.82) is 0 Å². The minimum atomic E-state index is -0.944. The van der Waals surface area contributed by atoms with Gasteiger partial charge in [-0.3, -0.25) is 4.79 Å². The molecule has 0 aliphatic heterocycles. The van der Waals surface area contributed by atoms with Crippen LogP contribution in [0.15, 0.2) is 48.6 Å². The molecule has 1 aliphatic carbocycles. The predicted octanol–water partition coefficient (Wildman–Crippen LogP) is 4.50. The van der Waals surface area contributed by atoms with E-state index in [4.69, 9.17) is 5.73 Å². The van der Waals surface area contributed by atoms with Gasteiger partial charge in [0.2, 0.25) is 0 Å². The number of carboxylic acids is 1. The molecule has 1 aliphatic rings. The third-order valence-electron chi connectivity index (χ3n) is 4.58. The maximum Gasteiger partial charge on any atom is 0.314 e. The molecule has 2 rings (SSSR count). The van der Waals surface area contributed by atoms with Gasteiger partial charge in [0.05, 0.1) is 5.41 Å². The molecule has 2 atom stereocenters. The van der Waals surface area contributed by atoms with Gasteiger partial charge in [-0.1, -0.05) is 62.4 Å². The van der Waals surface area contributed by atoms with Crippen molar-refractivity contribution in [2.45, 2.75) is 46.1 Å². The van der Waals surface area contributed by atoms with Gasteiger partial charge in [-0.05, 0) is 49.7 Å². The number of allylic oxidation sites excluding steroid dienone is 3. The topological polar surface area (TPSA) is 63.3 Å². The van der Waals surface area contributed by atoms with Crippen LogP contribution in [0.1, 0.15) is 46.1 Å². The molecule has 3 nitrogen and oxygen atoms in total. The van der Waals surface area contributed by atoms with Gasteiger partial charge in [-0.25, -0.2) is 0 Å². The van der Waals surface area contributed by atoms with Crippen LogP contribution in [0.5, 0.6) is 0 Å². The molecule has 2 unspecified atom stereocenters. The van der Waals surface area contributed by atoms with E-state index < -0.39 is 16.9 Å². The first-order valence-electron chi connectivity index (χ1n) is 8.63. The summed E-state index contributed by atoms with van der Waals surface area (Å²) in [6.07, 6.45) is 7.20. The van der Waals surface area contributed by atoms with Crippen LogP contribution in [0.2, 0.25) is 0 Å². The molecule has 0 saturated heterocycles. The van der Waals surface area contributed by atoms with Gasteiger partial charge < -0.3 is 10.8 Å². The lowest BCUT2D eigenvalue weighted by atomic mass is 9.63. The Morgan fingerprint density at radius 2 is 1.92 bits per heavy atom. The van der Waals surface area contributed by atoms with Crippen LogP contribution in [0, 0.1) is 17.3 Å². The molecule has 1 aromatic carbocycles. The molecule has 1 aromatic rings. The van der Waals surface area contributed by atoms with Gasteiger partial charge in [0.25, 0.3) is 0 Å². The highest BCUT2D eigenvalue weighted by Crippen LogP contribution is 2.46. The zero-order valence-corrected chi connectivity index (χ0v) is 15.1. The van der Waals surface area contributed by atoms with E-state index in [1.165, 1.54) is 0 Å². The summed E-state index contributed by atoms with van der Waals surface area (Å²) in [6, 6.07) is 10.1. The second-order valence-electron chi connectivity index (χ2n) is 8.07. The molecular formula is C21H29NO2. The van der Waals surface area contributed by atoms with Gasteiger partial charge in [-0.2, -0.15) is 0 Å². The molecule has 3 N–H and O–H groups in total. The number of benzene rings is 1. The van der Waals surface area contributed by atoms with E-state index in [1.807, 2.05) is 44.2 Å². The number of hydrogen-bond acceptors (Lipinski definition) is 2. The first-order valence-corrected chi connectivity index (χ1v) is 8.63. The SMILES string of the molecule is CC(C)CC1C=C(c2ccccc2)C=CC1(CC(C)(C)N)C(=O)O. The standard InChI is InChI=1S/C21H29NO2/c1-15(2)12-18-13-17(16-8-6-5-7-9-16)10-11-21(18,19(23)24)14-20(3,4)22/h5-11,13,15,18H,12,14,22H2,1-4H3,(H,23,24). The molecule has 0 spiro atoms. The van der Waals surface area contributed by atoms with E-state index >= 15 is 0 Å². The molecule has 130 valence electrons. The Labute approximate surface area is 145 Å². The Balaban J connectivity index is 2.47. The Morgan fingerprint density at radius 1 is 1.29 bits per heavy atom. The summed E-state index contributed by atoms with van der Waals surface area (Å²) in [5.74, 6) is -0.446. The number of carboxylic acid groups (broad SMARTS) is 1. The number of rotatable bonds is 6. The Morgan fingerprint density at radius 3 is 2.42 bits per heavy atom. The second kappa shape index (κ2) is 6.94. The lowest BCUT2D eigenvalue weighted by Gasteiger charge is -2.40. The summed E-state index contributed by atoms with van der Waals surface area (Å²) in [5.41, 5.74) is 6.93. The van der Waals surface area contributed by atoms with Crippen molar-refractivity contribution in [2.24, 2.45) is 23.0 Å². The van der Waals surface area contributed by atoms with E-state index in [1.54, 1.807) is 0 Å². The normalized spacial score (nSPS) is 24.1. The Kier molecular flexibility index (Phi) is 5.34. The second-order valence-corrected chi connectivity index (χ2v) is 8.07. The average molecular weight is 327 g/mol. The summed E-state index contributed by atoms with van der Waals surface area (Å²) in [7, 11) is 0. The Bertz CT molecular complexity index is 638. The molecular weight excluding hydrogens is 298 g/mol. The Hall–Kier alpha value is -1.87. The van der Waals surface area contributed by atoms with Crippen molar-refractivity contribution >= 4 is 11.5 Å². The van der Waals surface area contributed by atoms with Gasteiger partial charge in [0, 0.05) is 5.54 Å². The van der Waals surface area contributed by atoms with Crippen LogP contribution in [0.25, 0.3) is 5.57 Å². The summed E-state index contributed by atoms with van der Waals surface area (Å²) in [5, 5.41) is 10.1.